The van der Waals surface area contributed by atoms with E-state index in [0.717, 1.165) is 43.8 Å². The molecular weight excluding hydrogens is 472 g/mol. The lowest BCUT2D eigenvalue weighted by Crippen LogP contribution is -1.92. The summed E-state index contributed by atoms with van der Waals surface area (Å²) in [5, 5.41) is 16.3. The highest BCUT2D eigenvalue weighted by Gasteiger charge is 2.19. The molecule has 0 bridgehead atoms. The summed E-state index contributed by atoms with van der Waals surface area (Å²) in [6.07, 6.45) is 6.86. The number of thiophene rings is 1. The summed E-state index contributed by atoms with van der Waals surface area (Å²) in [5.41, 5.74) is 4.94. The molecule has 0 atom stereocenters. The van der Waals surface area contributed by atoms with Gasteiger partial charge in [0, 0.05) is 50.5 Å². The normalized spacial score (nSPS) is 11.2. The van der Waals surface area contributed by atoms with Crippen molar-refractivity contribution in [1.29, 1.82) is 5.26 Å². The van der Waals surface area contributed by atoms with Gasteiger partial charge in [-0.15, -0.1) is 11.3 Å². The molecule has 4 aromatic carbocycles. The number of nitrogens with zero attached hydrogens (tertiary/aromatic N) is 4. The lowest BCUT2D eigenvalue weighted by Gasteiger charge is -2.18. The Morgan fingerprint density at radius 3 is 2.03 bits per heavy atom. The minimum Gasteiger partial charge on any atom is -0.276 e. The summed E-state index contributed by atoms with van der Waals surface area (Å²) in [7, 11) is 0. The maximum atomic E-state index is 9.58. The van der Waals surface area contributed by atoms with Crippen LogP contribution >= 0.6 is 11.3 Å². The fraction of sp³-hybridized carbons (Fsp3) is 0. The summed E-state index contributed by atoms with van der Waals surface area (Å²) in [6, 6.07) is 27.4. The smallest absolute Gasteiger partial charge is 0.205 e. The minimum atomic E-state index is 0.506. The molecule has 7 aromatic rings. The van der Waals surface area contributed by atoms with E-state index in [2.05, 4.69) is 69.4 Å². The molecule has 0 unspecified atom stereocenters. The third kappa shape index (κ3) is 3.27. The maximum absolute atomic E-state index is 9.58. The van der Waals surface area contributed by atoms with E-state index in [-0.39, 0.29) is 0 Å². The summed E-state index contributed by atoms with van der Waals surface area (Å²) in [5.74, 6) is 0. The molecule has 0 radical (unpaired) electrons. The Kier molecular flexibility index (Phi) is 4.72. The van der Waals surface area contributed by atoms with Crippen LogP contribution in [0.4, 0.5) is 5.69 Å². The van der Waals surface area contributed by atoms with Crippen LogP contribution in [0, 0.1) is 17.9 Å². The average Bonchev–Trinajstić information content (AvgIpc) is 3.32. The maximum Gasteiger partial charge on any atom is 0.205 e. The molecule has 37 heavy (non-hydrogen) atoms. The summed E-state index contributed by atoms with van der Waals surface area (Å²) < 4.78 is 2.44. The predicted molar refractivity (Wildman–Crippen MR) is 152 cm³/mol. The van der Waals surface area contributed by atoms with Gasteiger partial charge in [0.15, 0.2) is 0 Å². The van der Waals surface area contributed by atoms with E-state index in [1.807, 2.05) is 36.7 Å². The number of hydrogen-bond acceptors (Lipinski definition) is 4. The topological polar surface area (TPSA) is 53.9 Å². The van der Waals surface area contributed by atoms with Gasteiger partial charge in [-0.1, -0.05) is 42.5 Å². The van der Waals surface area contributed by atoms with Crippen LogP contribution < -0.4 is 0 Å². The number of aromatic nitrogens is 2. The van der Waals surface area contributed by atoms with E-state index < -0.39 is 0 Å². The fourth-order valence-electron chi connectivity index (χ4n) is 5.28. The molecule has 0 N–H and O–H groups in total. The summed E-state index contributed by atoms with van der Waals surface area (Å²) >= 11 is 1.78. The summed E-state index contributed by atoms with van der Waals surface area (Å²) in [4.78, 5) is 12.4. The second-order valence-electron chi connectivity index (χ2n) is 8.91. The van der Waals surface area contributed by atoms with Crippen LogP contribution in [-0.2, 0) is 0 Å². The van der Waals surface area contributed by atoms with Gasteiger partial charge in [0.05, 0.1) is 12.1 Å². The molecule has 3 heterocycles. The van der Waals surface area contributed by atoms with Crippen LogP contribution in [-0.4, -0.2) is 9.97 Å². The first-order valence-electron chi connectivity index (χ1n) is 11.7. The van der Waals surface area contributed by atoms with Crippen molar-refractivity contribution in [3.05, 3.63) is 115 Å². The molecule has 3 aromatic heterocycles. The molecule has 170 valence electrons. The number of pyridine rings is 2. The Balaban J connectivity index is 1.74. The standard InChI is InChI=1S/C32H16N4S/c1-34-22-11-21(17-36-18-22)32-25-8-3-2-7-24(25)31(20-10-19(14-33)15-35-16-20)28-13-30-26(12-27(28)32)23-6-4-5-9-29(23)37-30/h2-13,15-18H. The van der Waals surface area contributed by atoms with Crippen molar-refractivity contribution >= 4 is 58.7 Å². The van der Waals surface area contributed by atoms with Gasteiger partial charge in [-0.25, -0.2) is 4.85 Å². The van der Waals surface area contributed by atoms with Gasteiger partial charge >= 0.3 is 0 Å². The van der Waals surface area contributed by atoms with Crippen LogP contribution in [0.25, 0.3) is 68.8 Å². The molecule has 0 aliphatic rings. The van der Waals surface area contributed by atoms with Crippen molar-refractivity contribution in [3.8, 4) is 28.3 Å². The van der Waals surface area contributed by atoms with Crippen molar-refractivity contribution in [2.75, 3.05) is 0 Å². The van der Waals surface area contributed by atoms with Crippen LogP contribution in [0.3, 0.4) is 0 Å². The fourth-order valence-corrected chi connectivity index (χ4v) is 6.41. The van der Waals surface area contributed by atoms with E-state index in [0.29, 0.717) is 11.3 Å². The molecule has 4 nitrogen and oxygen atoms in total. The number of fused-ring (bicyclic) bond motifs is 5. The van der Waals surface area contributed by atoms with Gasteiger partial charge in [0.25, 0.3) is 0 Å². The molecule has 0 fully saturated rings. The quantitative estimate of drug-likeness (QED) is 0.180. The monoisotopic (exact) mass is 488 g/mol. The first-order valence-corrected chi connectivity index (χ1v) is 12.5. The van der Waals surface area contributed by atoms with Crippen LogP contribution in [0.15, 0.2) is 97.6 Å². The first-order chi connectivity index (χ1) is 18.2. The van der Waals surface area contributed by atoms with Gasteiger partial charge in [-0.05, 0) is 68.6 Å². The highest BCUT2D eigenvalue weighted by Crippen LogP contribution is 2.47. The second kappa shape index (κ2) is 8.24. The van der Waals surface area contributed by atoms with E-state index >= 15 is 0 Å². The Labute approximate surface area is 216 Å². The molecule has 0 amide bonds. The van der Waals surface area contributed by atoms with Gasteiger partial charge in [0.2, 0.25) is 5.69 Å². The van der Waals surface area contributed by atoms with Crippen LogP contribution in [0.2, 0.25) is 0 Å². The molecule has 0 spiro atoms. The molecule has 0 aliphatic carbocycles. The first kappa shape index (κ1) is 21.2. The lowest BCUT2D eigenvalue weighted by molar-refractivity contribution is 1.31. The lowest BCUT2D eigenvalue weighted by atomic mass is 9.86. The van der Waals surface area contributed by atoms with Crippen molar-refractivity contribution in [2.24, 2.45) is 0 Å². The highest BCUT2D eigenvalue weighted by molar-refractivity contribution is 7.25. The van der Waals surface area contributed by atoms with E-state index in [9.17, 15) is 5.26 Å². The third-order valence-corrected chi connectivity index (χ3v) is 7.95. The zero-order valence-corrected chi connectivity index (χ0v) is 20.3. The number of nitriles is 1. The molecule has 7 rings (SSSR count). The number of benzene rings is 4. The van der Waals surface area contributed by atoms with Gasteiger partial charge in [-0.2, -0.15) is 5.26 Å². The zero-order valence-electron chi connectivity index (χ0n) is 19.4. The van der Waals surface area contributed by atoms with E-state index in [4.69, 9.17) is 6.57 Å². The summed E-state index contributed by atoms with van der Waals surface area (Å²) in [6.45, 7) is 7.54. The minimum absolute atomic E-state index is 0.506. The predicted octanol–water partition coefficient (Wildman–Crippen LogP) is 8.91. The molecule has 0 saturated heterocycles. The largest absolute Gasteiger partial charge is 0.276 e. The third-order valence-electron chi connectivity index (χ3n) is 6.82. The van der Waals surface area contributed by atoms with Crippen molar-refractivity contribution in [1.82, 2.24) is 9.97 Å². The van der Waals surface area contributed by atoms with Gasteiger partial charge in [0.1, 0.15) is 6.07 Å². The highest BCUT2D eigenvalue weighted by atomic mass is 32.1. The molecular formula is C32H16N4S. The van der Waals surface area contributed by atoms with E-state index in [1.54, 1.807) is 23.7 Å². The van der Waals surface area contributed by atoms with Crippen molar-refractivity contribution in [2.45, 2.75) is 0 Å². The van der Waals surface area contributed by atoms with Gasteiger partial charge in [-0.3, -0.25) is 9.97 Å². The average molecular weight is 489 g/mol. The Hall–Kier alpha value is -5.10. The second-order valence-corrected chi connectivity index (χ2v) is 9.99. The molecule has 5 heteroatoms. The van der Waals surface area contributed by atoms with Gasteiger partial charge < -0.3 is 0 Å². The Bertz CT molecular complexity index is 2130. The number of hydrogen-bond donors (Lipinski definition) is 0. The van der Waals surface area contributed by atoms with Crippen LogP contribution in [0.5, 0.6) is 0 Å². The molecule has 0 saturated carbocycles. The number of rotatable bonds is 2. The Morgan fingerprint density at radius 1 is 0.649 bits per heavy atom. The zero-order chi connectivity index (χ0) is 24.9. The van der Waals surface area contributed by atoms with E-state index in [1.165, 1.54) is 20.2 Å². The van der Waals surface area contributed by atoms with Crippen LogP contribution in [0.1, 0.15) is 5.56 Å². The SMILES string of the molecule is [C-]#[N+]c1cncc(-c2c3ccccc3c(-c3cncc(C#N)c3)c3cc4sc5ccccc5c4cc23)c1. The van der Waals surface area contributed by atoms with Crippen molar-refractivity contribution < 1.29 is 0 Å². The molecule has 0 aliphatic heterocycles. The van der Waals surface area contributed by atoms with Crippen molar-refractivity contribution in [3.63, 3.8) is 0 Å². The Morgan fingerprint density at radius 2 is 1.30 bits per heavy atom.